The fourth-order valence-electron chi connectivity index (χ4n) is 2.05. The molecular formula is C17H19ClN2O. The first-order valence-electron chi connectivity index (χ1n) is 7.02. The quantitative estimate of drug-likeness (QED) is 0.839. The molecule has 2 N–H and O–H groups in total. The zero-order valence-corrected chi connectivity index (χ0v) is 13.0. The van der Waals surface area contributed by atoms with Crippen molar-refractivity contribution >= 4 is 28.9 Å². The van der Waals surface area contributed by atoms with Gasteiger partial charge in [-0.25, -0.2) is 0 Å². The number of benzene rings is 2. The molecule has 0 aliphatic heterocycles. The Labute approximate surface area is 130 Å². The molecule has 110 valence electrons. The summed E-state index contributed by atoms with van der Waals surface area (Å²) in [6, 6.07) is 12.9. The number of aryl methyl sites for hydroxylation is 1. The Balaban J connectivity index is 2.20. The molecule has 21 heavy (non-hydrogen) atoms. The first-order valence-corrected chi connectivity index (χ1v) is 7.40. The van der Waals surface area contributed by atoms with Gasteiger partial charge in [0.15, 0.2) is 0 Å². The van der Waals surface area contributed by atoms with Crippen LogP contribution in [-0.2, 0) is 0 Å². The summed E-state index contributed by atoms with van der Waals surface area (Å²) in [5, 5.41) is 6.87. The summed E-state index contributed by atoms with van der Waals surface area (Å²) in [4.78, 5) is 12.5. The Bertz CT molecular complexity index is 640. The lowest BCUT2D eigenvalue weighted by Crippen LogP contribution is -2.15. The van der Waals surface area contributed by atoms with Crippen molar-refractivity contribution < 1.29 is 4.79 Å². The van der Waals surface area contributed by atoms with E-state index in [1.54, 1.807) is 6.07 Å². The molecule has 0 aromatic heterocycles. The third-order valence-corrected chi connectivity index (χ3v) is 3.41. The van der Waals surface area contributed by atoms with Gasteiger partial charge in [0.25, 0.3) is 5.91 Å². The number of amides is 1. The summed E-state index contributed by atoms with van der Waals surface area (Å²) in [7, 11) is 0. The second kappa shape index (κ2) is 7.14. The first-order chi connectivity index (χ1) is 10.1. The Morgan fingerprint density at radius 1 is 1.14 bits per heavy atom. The maximum absolute atomic E-state index is 12.5. The van der Waals surface area contributed by atoms with Gasteiger partial charge in [-0.2, -0.15) is 0 Å². The molecule has 0 heterocycles. The van der Waals surface area contributed by atoms with Gasteiger partial charge in [0.05, 0.1) is 5.56 Å². The van der Waals surface area contributed by atoms with Crippen molar-refractivity contribution in [1.29, 1.82) is 0 Å². The third-order valence-electron chi connectivity index (χ3n) is 3.17. The van der Waals surface area contributed by atoms with E-state index in [0.29, 0.717) is 10.6 Å². The molecule has 0 atom stereocenters. The molecular weight excluding hydrogens is 284 g/mol. The molecule has 1 amide bonds. The van der Waals surface area contributed by atoms with Gasteiger partial charge in [-0.3, -0.25) is 4.79 Å². The zero-order chi connectivity index (χ0) is 15.2. The van der Waals surface area contributed by atoms with E-state index >= 15 is 0 Å². The molecule has 2 aromatic rings. The van der Waals surface area contributed by atoms with Crippen LogP contribution in [-0.4, -0.2) is 12.5 Å². The molecule has 0 saturated carbocycles. The number of para-hydroxylation sites is 1. The van der Waals surface area contributed by atoms with Crippen LogP contribution in [0.5, 0.6) is 0 Å². The molecule has 0 aliphatic rings. The largest absolute Gasteiger partial charge is 0.384 e. The zero-order valence-electron chi connectivity index (χ0n) is 12.2. The molecule has 0 radical (unpaired) electrons. The van der Waals surface area contributed by atoms with Crippen LogP contribution in [0.25, 0.3) is 0 Å². The number of carbonyl (C=O) groups excluding carboxylic acids is 1. The molecule has 3 nitrogen and oxygen atoms in total. The minimum absolute atomic E-state index is 0.125. The summed E-state index contributed by atoms with van der Waals surface area (Å²) in [5.74, 6) is -0.125. The van der Waals surface area contributed by atoms with Crippen molar-refractivity contribution in [3.63, 3.8) is 0 Å². The summed E-state index contributed by atoms with van der Waals surface area (Å²) >= 11 is 5.93. The minimum Gasteiger partial charge on any atom is -0.384 e. The van der Waals surface area contributed by atoms with Gasteiger partial charge in [0.1, 0.15) is 0 Å². The summed E-state index contributed by atoms with van der Waals surface area (Å²) in [6.45, 7) is 4.85. The molecule has 0 bridgehead atoms. The van der Waals surface area contributed by atoms with E-state index in [9.17, 15) is 4.79 Å². The molecule has 2 aromatic carbocycles. The molecule has 0 fully saturated rings. The summed E-state index contributed by atoms with van der Waals surface area (Å²) in [5.41, 5.74) is 3.20. The van der Waals surface area contributed by atoms with Crippen LogP contribution in [0.2, 0.25) is 5.02 Å². The van der Waals surface area contributed by atoms with E-state index in [4.69, 9.17) is 11.6 Å². The summed E-state index contributed by atoms with van der Waals surface area (Å²) in [6.07, 6.45) is 1.01. The smallest absolute Gasteiger partial charge is 0.257 e. The number of hydrogen-bond acceptors (Lipinski definition) is 2. The van der Waals surface area contributed by atoms with Gasteiger partial charge in [-0.15, -0.1) is 0 Å². The average molecular weight is 303 g/mol. The number of hydrogen-bond donors (Lipinski definition) is 2. The van der Waals surface area contributed by atoms with Crippen LogP contribution in [0.15, 0.2) is 42.5 Å². The minimum atomic E-state index is -0.125. The van der Waals surface area contributed by atoms with E-state index in [-0.39, 0.29) is 5.91 Å². The number of rotatable bonds is 5. The number of carbonyl (C=O) groups is 1. The van der Waals surface area contributed by atoms with E-state index in [1.807, 2.05) is 43.3 Å². The SMILES string of the molecule is CCCNc1ccccc1C(=O)Nc1ccc(Cl)cc1C. The van der Waals surface area contributed by atoms with Crippen molar-refractivity contribution in [3.8, 4) is 0 Å². The Kier molecular flexibility index (Phi) is 5.23. The van der Waals surface area contributed by atoms with E-state index in [1.165, 1.54) is 0 Å². The predicted molar refractivity (Wildman–Crippen MR) is 89.4 cm³/mol. The maximum atomic E-state index is 12.5. The number of nitrogens with one attached hydrogen (secondary N) is 2. The van der Waals surface area contributed by atoms with Crippen LogP contribution in [0.1, 0.15) is 29.3 Å². The lowest BCUT2D eigenvalue weighted by molar-refractivity contribution is 0.102. The normalized spacial score (nSPS) is 10.2. The second-order valence-corrected chi connectivity index (χ2v) is 5.32. The van der Waals surface area contributed by atoms with E-state index in [0.717, 1.165) is 29.9 Å². The highest BCUT2D eigenvalue weighted by molar-refractivity contribution is 6.30. The molecule has 0 aliphatic carbocycles. The topological polar surface area (TPSA) is 41.1 Å². The molecule has 0 spiro atoms. The Morgan fingerprint density at radius 3 is 2.62 bits per heavy atom. The third kappa shape index (κ3) is 3.99. The van der Waals surface area contributed by atoms with Crippen molar-refractivity contribution in [2.75, 3.05) is 17.2 Å². The van der Waals surface area contributed by atoms with Crippen LogP contribution in [0.3, 0.4) is 0 Å². The van der Waals surface area contributed by atoms with Gasteiger partial charge in [-0.1, -0.05) is 30.7 Å². The molecule has 0 unspecified atom stereocenters. The van der Waals surface area contributed by atoms with Crippen LogP contribution in [0, 0.1) is 6.92 Å². The van der Waals surface area contributed by atoms with Crippen molar-refractivity contribution in [1.82, 2.24) is 0 Å². The Morgan fingerprint density at radius 2 is 1.90 bits per heavy atom. The van der Waals surface area contributed by atoms with Gasteiger partial charge >= 0.3 is 0 Å². The fraction of sp³-hybridized carbons (Fsp3) is 0.235. The van der Waals surface area contributed by atoms with Crippen LogP contribution >= 0.6 is 11.6 Å². The van der Waals surface area contributed by atoms with Gasteiger partial charge in [-0.05, 0) is 49.2 Å². The molecule has 0 saturated heterocycles. The maximum Gasteiger partial charge on any atom is 0.257 e. The van der Waals surface area contributed by atoms with Crippen molar-refractivity contribution in [2.45, 2.75) is 20.3 Å². The highest BCUT2D eigenvalue weighted by Crippen LogP contribution is 2.22. The molecule has 4 heteroatoms. The fourth-order valence-corrected chi connectivity index (χ4v) is 2.28. The van der Waals surface area contributed by atoms with E-state index < -0.39 is 0 Å². The highest BCUT2D eigenvalue weighted by atomic mass is 35.5. The highest BCUT2D eigenvalue weighted by Gasteiger charge is 2.11. The van der Waals surface area contributed by atoms with Crippen LogP contribution < -0.4 is 10.6 Å². The lowest BCUT2D eigenvalue weighted by Gasteiger charge is -2.13. The van der Waals surface area contributed by atoms with E-state index in [2.05, 4.69) is 17.6 Å². The van der Waals surface area contributed by atoms with Gasteiger partial charge in [0.2, 0.25) is 0 Å². The number of halogens is 1. The monoisotopic (exact) mass is 302 g/mol. The summed E-state index contributed by atoms with van der Waals surface area (Å²) < 4.78 is 0. The second-order valence-electron chi connectivity index (χ2n) is 4.89. The lowest BCUT2D eigenvalue weighted by atomic mass is 10.1. The van der Waals surface area contributed by atoms with Crippen molar-refractivity contribution in [3.05, 3.63) is 58.6 Å². The predicted octanol–water partition coefficient (Wildman–Crippen LogP) is 4.72. The number of anilines is 2. The Hall–Kier alpha value is -2.00. The average Bonchev–Trinajstić information content (AvgIpc) is 2.48. The first kappa shape index (κ1) is 15.4. The van der Waals surface area contributed by atoms with Gasteiger partial charge < -0.3 is 10.6 Å². The van der Waals surface area contributed by atoms with Crippen LogP contribution in [0.4, 0.5) is 11.4 Å². The molecule has 2 rings (SSSR count). The van der Waals surface area contributed by atoms with Gasteiger partial charge in [0, 0.05) is 22.9 Å². The standard InChI is InChI=1S/C17H19ClN2O/c1-3-10-19-16-7-5-4-6-14(16)17(21)20-15-9-8-13(18)11-12(15)2/h4-9,11,19H,3,10H2,1-2H3,(H,20,21). The van der Waals surface area contributed by atoms with Crippen molar-refractivity contribution in [2.24, 2.45) is 0 Å².